The second kappa shape index (κ2) is 12.1. The van der Waals surface area contributed by atoms with Crippen LogP contribution in [0.5, 0.6) is 0 Å². The molecule has 192 valence electrons. The van der Waals surface area contributed by atoms with Gasteiger partial charge in [0.1, 0.15) is 0 Å². The molecule has 0 bridgehead atoms. The molecule has 0 aliphatic carbocycles. The fraction of sp³-hybridized carbons (Fsp3) is 0.586. The second-order valence-electron chi connectivity index (χ2n) is 11.3. The number of hydrogen-bond donors (Lipinski definition) is 0. The van der Waals surface area contributed by atoms with Crippen LogP contribution in [-0.2, 0) is 23.6 Å². The van der Waals surface area contributed by atoms with Crippen LogP contribution in [0.1, 0.15) is 91.5 Å². The van der Waals surface area contributed by atoms with Crippen molar-refractivity contribution < 1.29 is 18.2 Å². The van der Waals surface area contributed by atoms with Crippen molar-refractivity contribution in [2.24, 2.45) is 0 Å². The molecule has 2 aromatic carbocycles. The predicted octanol–water partition coefficient (Wildman–Crippen LogP) is 9.81. The number of aryl methyl sites for hydroxylation is 2. The van der Waals surface area contributed by atoms with Gasteiger partial charge in [0.25, 0.3) is 0 Å². The molecule has 0 saturated heterocycles. The van der Waals surface area contributed by atoms with Gasteiger partial charge in [0.2, 0.25) is 0 Å². The molecule has 0 spiro atoms. The number of nitrogens with zero attached hydrogens (tertiary/aromatic N) is 1. The summed E-state index contributed by atoms with van der Waals surface area (Å²) in [4.78, 5) is 0. The first-order valence-electron chi connectivity index (χ1n) is 12.5. The summed E-state index contributed by atoms with van der Waals surface area (Å²) in [5, 5.41) is 8.63. The van der Waals surface area contributed by atoms with Gasteiger partial charge in [-0.25, -0.2) is 0 Å². The molecule has 1 heterocycles. The number of benzene rings is 2. The van der Waals surface area contributed by atoms with Crippen LogP contribution in [0.3, 0.4) is 0 Å². The van der Waals surface area contributed by atoms with Gasteiger partial charge >= 0.3 is 27.7 Å². The topological polar surface area (TPSA) is 14.1 Å². The molecule has 0 aromatic heterocycles. The van der Waals surface area contributed by atoms with E-state index in [1.54, 1.807) is 0 Å². The van der Waals surface area contributed by atoms with E-state index in [1.165, 1.54) is 44.2 Å². The Morgan fingerprint density at radius 3 is 1.21 bits per heavy atom. The van der Waals surface area contributed by atoms with Gasteiger partial charge in [-0.2, -0.15) is 0 Å². The van der Waals surface area contributed by atoms with Crippen LogP contribution in [0.4, 0.5) is 11.4 Å². The van der Waals surface area contributed by atoms with Crippen LogP contribution < -0.4 is 10.6 Å². The Labute approximate surface area is 227 Å². The van der Waals surface area contributed by atoms with Gasteiger partial charge in [-0.1, -0.05) is 132 Å². The Kier molecular flexibility index (Phi) is 10.7. The zero-order valence-corrected chi connectivity index (χ0v) is 27.3. The van der Waals surface area contributed by atoms with Crippen LogP contribution in [0.15, 0.2) is 24.3 Å². The summed E-state index contributed by atoms with van der Waals surface area (Å²) in [7, 11) is 3.93. The second-order valence-corrected chi connectivity index (χ2v) is 18.0. The fourth-order valence-electron chi connectivity index (χ4n) is 5.66. The molecular formula is C29H44ClNP2Pd. The molecule has 0 fully saturated rings. The molecule has 0 unspecified atom stereocenters. The normalized spacial score (nSPS) is 14.5. The van der Waals surface area contributed by atoms with E-state index in [0.29, 0.717) is 22.6 Å². The maximum atomic E-state index is 5.59. The summed E-state index contributed by atoms with van der Waals surface area (Å²) in [6.45, 7) is 28.6. The molecule has 3 rings (SSSR count). The average molecular weight is 610 g/mol. The van der Waals surface area contributed by atoms with Gasteiger partial charge in [-0.3, -0.25) is 0 Å². The van der Waals surface area contributed by atoms with E-state index < -0.39 is 0 Å². The number of fused-ring (bicyclic) bond motifs is 2. The van der Waals surface area contributed by atoms with Crippen LogP contribution in [0.2, 0.25) is 0 Å². The van der Waals surface area contributed by atoms with E-state index in [2.05, 4.69) is 135 Å². The van der Waals surface area contributed by atoms with E-state index >= 15 is 0 Å². The standard InChI is InChI=1S/C29H44NP2.ClH.Pd/c1-17(2)31(18(3)4)25-15-21(9)13-23-27(25)30-28-24(29(23,11)12)14-22(10)16-26(28)32(19(5)6)20(7)8;;/h13-20H,1-12H3;1H;/q-1;;+2/p-1. The summed E-state index contributed by atoms with van der Waals surface area (Å²) >= 11 is 2.22. The molecule has 1 aliphatic rings. The average Bonchev–Trinajstić information content (AvgIpc) is 2.70. The first kappa shape index (κ1) is 30.3. The predicted molar refractivity (Wildman–Crippen MR) is 157 cm³/mol. The van der Waals surface area contributed by atoms with E-state index in [-0.39, 0.29) is 21.3 Å². The summed E-state index contributed by atoms with van der Waals surface area (Å²) in [5.74, 6) is 0. The Morgan fingerprint density at radius 2 is 0.941 bits per heavy atom. The number of hydrogen-bond acceptors (Lipinski definition) is 0. The molecule has 0 N–H and O–H groups in total. The molecule has 0 saturated carbocycles. The van der Waals surface area contributed by atoms with E-state index in [0.717, 1.165) is 0 Å². The molecule has 0 atom stereocenters. The van der Waals surface area contributed by atoms with Crippen LogP contribution in [0.25, 0.3) is 5.32 Å². The molecular weight excluding hydrogens is 566 g/mol. The number of rotatable bonds is 6. The first-order valence-corrected chi connectivity index (χ1v) is 17.4. The number of halogens is 1. The Hall–Kier alpha value is 0.0523. The quantitative estimate of drug-likeness (QED) is 0.228. The third kappa shape index (κ3) is 5.95. The van der Waals surface area contributed by atoms with Gasteiger partial charge in [-0.05, 0) is 47.1 Å². The van der Waals surface area contributed by atoms with Crippen molar-refractivity contribution in [1.29, 1.82) is 0 Å². The maximum absolute atomic E-state index is 5.59. The van der Waals surface area contributed by atoms with Gasteiger partial charge in [0.15, 0.2) is 0 Å². The first-order chi connectivity index (χ1) is 15.8. The van der Waals surface area contributed by atoms with Crippen LogP contribution in [-0.4, -0.2) is 22.6 Å². The van der Waals surface area contributed by atoms with Crippen molar-refractivity contribution in [3.05, 3.63) is 51.8 Å². The van der Waals surface area contributed by atoms with Gasteiger partial charge in [0.05, 0.1) is 0 Å². The third-order valence-corrected chi connectivity index (χ3v) is 13.1. The van der Waals surface area contributed by atoms with Crippen molar-refractivity contribution in [2.45, 2.75) is 111 Å². The third-order valence-electron chi connectivity index (χ3n) is 6.82. The van der Waals surface area contributed by atoms with Crippen molar-refractivity contribution in [3.63, 3.8) is 0 Å². The van der Waals surface area contributed by atoms with Crippen LogP contribution >= 0.6 is 25.4 Å². The zero-order chi connectivity index (χ0) is 26.1. The minimum atomic E-state index is -0.280. The fourth-order valence-corrected chi connectivity index (χ4v) is 11.8. The van der Waals surface area contributed by atoms with Crippen molar-refractivity contribution in [1.82, 2.24) is 0 Å². The van der Waals surface area contributed by atoms with Crippen molar-refractivity contribution >= 4 is 47.4 Å². The van der Waals surface area contributed by atoms with Gasteiger partial charge in [-0.15, -0.1) is 11.4 Å². The summed E-state index contributed by atoms with van der Waals surface area (Å²) in [6.07, 6.45) is 0. The SMILES string of the molecule is Cc1cc(P(C(C)C)C(C)C)c2c(c1)C(C)(C)c1cc(C)cc(P(C(C)C)C(C)C)c1[N-]2.[Cl][Pd+]. The molecule has 1 aliphatic heterocycles. The molecule has 0 radical (unpaired) electrons. The summed E-state index contributed by atoms with van der Waals surface area (Å²) in [6, 6.07) is 9.73. The van der Waals surface area contributed by atoms with Gasteiger partial charge < -0.3 is 5.32 Å². The minimum absolute atomic E-state index is 0.0438. The zero-order valence-electron chi connectivity index (χ0n) is 23.2. The molecule has 5 heteroatoms. The van der Waals surface area contributed by atoms with E-state index in [9.17, 15) is 0 Å². The Morgan fingerprint density at radius 1 is 0.647 bits per heavy atom. The van der Waals surface area contributed by atoms with E-state index in [1.807, 2.05) is 0 Å². The Balaban J connectivity index is 0.00000199. The van der Waals surface area contributed by atoms with Crippen molar-refractivity contribution in [2.75, 3.05) is 0 Å². The molecule has 2 aromatic rings. The van der Waals surface area contributed by atoms with E-state index in [4.69, 9.17) is 5.32 Å². The molecule has 0 amide bonds. The monoisotopic (exact) mass is 609 g/mol. The van der Waals surface area contributed by atoms with Gasteiger partial charge in [0, 0.05) is 5.41 Å². The molecule has 1 nitrogen and oxygen atoms in total. The summed E-state index contributed by atoms with van der Waals surface area (Å²) < 4.78 is 0. The summed E-state index contributed by atoms with van der Waals surface area (Å²) in [5.41, 5.74) is 10.7. The Bertz CT molecular complexity index is 905. The van der Waals surface area contributed by atoms with Crippen molar-refractivity contribution in [3.8, 4) is 0 Å². The molecule has 34 heavy (non-hydrogen) atoms. The van der Waals surface area contributed by atoms with Crippen LogP contribution in [0, 0.1) is 13.8 Å².